The second-order valence-electron chi connectivity index (χ2n) is 5.17. The molecule has 2 N–H and O–H groups in total. The molecule has 0 bridgehead atoms. The summed E-state index contributed by atoms with van der Waals surface area (Å²) >= 11 is 6.26. The molecule has 2 rings (SSSR count). The molecule has 1 unspecified atom stereocenters. The minimum Gasteiger partial charge on any atom is -0.491 e. The molecule has 1 aliphatic rings. The Morgan fingerprint density at radius 1 is 1.47 bits per heavy atom. The van der Waals surface area contributed by atoms with Gasteiger partial charge in [-0.25, -0.2) is 0 Å². The summed E-state index contributed by atoms with van der Waals surface area (Å²) in [5.74, 6) is 1.57. The van der Waals surface area contributed by atoms with Crippen molar-refractivity contribution >= 4 is 11.6 Å². The highest BCUT2D eigenvalue weighted by Crippen LogP contribution is 2.34. The number of hydrogen-bond donors (Lipinski definition) is 1. The van der Waals surface area contributed by atoms with Crippen LogP contribution in [0.2, 0.25) is 5.02 Å². The van der Waals surface area contributed by atoms with E-state index in [-0.39, 0.29) is 6.04 Å². The van der Waals surface area contributed by atoms with Crippen molar-refractivity contribution < 1.29 is 4.74 Å². The largest absolute Gasteiger partial charge is 0.491 e. The maximum absolute atomic E-state index is 6.26. The van der Waals surface area contributed by atoms with Gasteiger partial charge in [0, 0.05) is 6.04 Å². The van der Waals surface area contributed by atoms with Gasteiger partial charge in [0.1, 0.15) is 5.75 Å². The quantitative estimate of drug-likeness (QED) is 0.874. The van der Waals surface area contributed by atoms with Crippen molar-refractivity contribution in [2.24, 2.45) is 11.7 Å². The van der Waals surface area contributed by atoms with Crippen LogP contribution in [0.1, 0.15) is 30.9 Å². The van der Waals surface area contributed by atoms with Crippen LogP contribution in [0.25, 0.3) is 0 Å². The molecule has 0 aliphatic heterocycles. The number of halogens is 1. The normalized spacial score (nSPS) is 16.9. The van der Waals surface area contributed by atoms with Gasteiger partial charge in [-0.15, -0.1) is 0 Å². The van der Waals surface area contributed by atoms with Gasteiger partial charge in [0.05, 0.1) is 11.6 Å². The minimum atomic E-state index is 0.121. The first-order valence-electron chi connectivity index (χ1n) is 6.23. The van der Waals surface area contributed by atoms with Crippen molar-refractivity contribution in [1.29, 1.82) is 0 Å². The third-order valence-electron chi connectivity index (χ3n) is 2.97. The highest BCUT2D eigenvalue weighted by atomic mass is 35.5. The predicted molar refractivity (Wildman–Crippen MR) is 71.8 cm³/mol. The lowest BCUT2D eigenvalue weighted by Gasteiger charge is -2.15. The van der Waals surface area contributed by atoms with E-state index in [1.165, 1.54) is 12.8 Å². The second-order valence-corrected chi connectivity index (χ2v) is 5.58. The molecular formula is C14H20ClNO. The zero-order valence-corrected chi connectivity index (χ0v) is 11.3. The van der Waals surface area contributed by atoms with Crippen molar-refractivity contribution in [2.45, 2.75) is 39.2 Å². The molecule has 0 radical (unpaired) electrons. The lowest BCUT2D eigenvalue weighted by molar-refractivity contribution is 0.296. The van der Waals surface area contributed by atoms with E-state index in [2.05, 4.69) is 6.07 Å². The van der Waals surface area contributed by atoms with E-state index in [9.17, 15) is 0 Å². The Labute approximate surface area is 108 Å². The smallest absolute Gasteiger partial charge is 0.141 e. The van der Waals surface area contributed by atoms with Crippen LogP contribution < -0.4 is 10.5 Å². The second kappa shape index (κ2) is 5.28. The molecule has 17 heavy (non-hydrogen) atoms. The van der Waals surface area contributed by atoms with Gasteiger partial charge in [0.15, 0.2) is 0 Å². The first kappa shape index (κ1) is 12.7. The molecule has 1 atom stereocenters. The number of nitrogens with two attached hydrogens (primary N) is 1. The molecule has 1 aromatic rings. The number of ether oxygens (including phenoxy) is 1. The van der Waals surface area contributed by atoms with Gasteiger partial charge < -0.3 is 10.5 Å². The number of hydrogen-bond acceptors (Lipinski definition) is 2. The molecule has 0 spiro atoms. The molecule has 1 aliphatic carbocycles. The summed E-state index contributed by atoms with van der Waals surface area (Å²) in [7, 11) is 0. The van der Waals surface area contributed by atoms with Gasteiger partial charge in [-0.05, 0) is 56.2 Å². The average molecular weight is 254 g/mol. The summed E-state index contributed by atoms with van der Waals surface area (Å²) in [5, 5.41) is 0.710. The summed E-state index contributed by atoms with van der Waals surface area (Å²) in [4.78, 5) is 0. The highest BCUT2D eigenvalue weighted by Gasteiger charge is 2.23. The Hall–Kier alpha value is -0.730. The molecule has 1 fully saturated rings. The van der Waals surface area contributed by atoms with E-state index in [4.69, 9.17) is 22.1 Å². The molecule has 1 saturated carbocycles. The van der Waals surface area contributed by atoms with Crippen LogP contribution >= 0.6 is 11.6 Å². The van der Waals surface area contributed by atoms with E-state index >= 15 is 0 Å². The minimum absolute atomic E-state index is 0.121. The van der Waals surface area contributed by atoms with Crippen LogP contribution in [-0.4, -0.2) is 12.6 Å². The van der Waals surface area contributed by atoms with Crippen LogP contribution in [0.15, 0.2) is 12.1 Å². The molecule has 0 aromatic heterocycles. The summed E-state index contributed by atoms with van der Waals surface area (Å²) < 4.78 is 5.86. The Morgan fingerprint density at radius 2 is 2.18 bits per heavy atom. The zero-order valence-electron chi connectivity index (χ0n) is 10.5. The summed E-state index contributed by atoms with van der Waals surface area (Å²) in [5.41, 5.74) is 8.15. The van der Waals surface area contributed by atoms with Crippen molar-refractivity contribution in [2.75, 3.05) is 6.61 Å². The van der Waals surface area contributed by atoms with E-state index in [0.717, 1.165) is 35.8 Å². The lowest BCUT2D eigenvalue weighted by Crippen LogP contribution is -2.18. The molecule has 0 amide bonds. The van der Waals surface area contributed by atoms with E-state index in [0.29, 0.717) is 5.02 Å². The fourth-order valence-corrected chi connectivity index (χ4v) is 2.29. The van der Waals surface area contributed by atoms with Crippen LogP contribution in [0.3, 0.4) is 0 Å². The number of rotatable bonds is 5. The average Bonchev–Trinajstić information content (AvgIpc) is 2.98. The summed E-state index contributed by atoms with van der Waals surface area (Å²) in [6, 6.07) is 4.20. The molecule has 94 valence electrons. The molecule has 0 heterocycles. The molecule has 1 aromatic carbocycles. The molecule has 0 saturated heterocycles. The third kappa shape index (κ3) is 3.62. The Kier molecular flexibility index (Phi) is 3.95. The molecular weight excluding hydrogens is 234 g/mol. The molecule has 3 heteroatoms. The summed E-state index contributed by atoms with van der Waals surface area (Å²) in [6.45, 7) is 4.83. The van der Waals surface area contributed by atoms with E-state index in [1.54, 1.807) is 0 Å². The van der Waals surface area contributed by atoms with Gasteiger partial charge in [0.25, 0.3) is 0 Å². The Balaban J connectivity index is 2.18. The first-order chi connectivity index (χ1) is 8.06. The summed E-state index contributed by atoms with van der Waals surface area (Å²) in [6.07, 6.45) is 3.37. The number of benzene rings is 1. The van der Waals surface area contributed by atoms with Crippen LogP contribution in [-0.2, 0) is 6.42 Å². The maximum Gasteiger partial charge on any atom is 0.141 e. The molecule has 2 nitrogen and oxygen atoms in total. The SMILES string of the molecule is Cc1cc(Cl)c(OCC2CC2)c(CC(C)N)c1. The lowest BCUT2D eigenvalue weighted by atomic mass is 10.0. The fourth-order valence-electron chi connectivity index (χ4n) is 1.95. The van der Waals surface area contributed by atoms with Gasteiger partial charge in [0.2, 0.25) is 0 Å². The Morgan fingerprint density at radius 3 is 2.76 bits per heavy atom. The standard InChI is InChI=1S/C14H20ClNO/c1-9-5-12(7-10(2)16)14(13(15)6-9)17-8-11-3-4-11/h5-6,10-11H,3-4,7-8,16H2,1-2H3. The monoisotopic (exact) mass is 253 g/mol. The zero-order chi connectivity index (χ0) is 12.4. The van der Waals surface area contributed by atoms with Crippen molar-refractivity contribution in [1.82, 2.24) is 0 Å². The van der Waals surface area contributed by atoms with Crippen molar-refractivity contribution in [3.63, 3.8) is 0 Å². The van der Waals surface area contributed by atoms with Crippen LogP contribution in [0.5, 0.6) is 5.75 Å². The topological polar surface area (TPSA) is 35.2 Å². The van der Waals surface area contributed by atoms with E-state index in [1.807, 2.05) is 19.9 Å². The maximum atomic E-state index is 6.26. The van der Waals surface area contributed by atoms with Gasteiger partial charge in [-0.1, -0.05) is 17.7 Å². The van der Waals surface area contributed by atoms with Crippen LogP contribution in [0, 0.1) is 12.8 Å². The van der Waals surface area contributed by atoms with Crippen molar-refractivity contribution in [3.05, 3.63) is 28.3 Å². The predicted octanol–water partition coefficient (Wildman–Crippen LogP) is 3.33. The third-order valence-corrected chi connectivity index (χ3v) is 3.25. The van der Waals surface area contributed by atoms with E-state index < -0.39 is 0 Å². The van der Waals surface area contributed by atoms with Crippen LogP contribution in [0.4, 0.5) is 0 Å². The first-order valence-corrected chi connectivity index (χ1v) is 6.61. The number of aryl methyl sites for hydroxylation is 1. The fraction of sp³-hybridized carbons (Fsp3) is 0.571. The van der Waals surface area contributed by atoms with Gasteiger partial charge in [-0.2, -0.15) is 0 Å². The van der Waals surface area contributed by atoms with Gasteiger partial charge in [-0.3, -0.25) is 0 Å². The highest BCUT2D eigenvalue weighted by molar-refractivity contribution is 6.32. The Bertz CT molecular complexity index is 399. The van der Waals surface area contributed by atoms with Gasteiger partial charge >= 0.3 is 0 Å². The van der Waals surface area contributed by atoms with Crippen molar-refractivity contribution in [3.8, 4) is 5.75 Å².